The number of thioether (sulfide) groups is 1. The molecule has 2 amide bonds. The summed E-state index contributed by atoms with van der Waals surface area (Å²) in [6.07, 6.45) is 3.23. The molecule has 0 radical (unpaired) electrons. The zero-order chi connectivity index (χ0) is 14.5. The Hall–Kier alpha value is -0.420. The van der Waals surface area contributed by atoms with Gasteiger partial charge in [0.1, 0.15) is 0 Å². The third kappa shape index (κ3) is 6.04. The van der Waals surface area contributed by atoms with Gasteiger partial charge in [0.2, 0.25) is 0 Å². The maximum absolute atomic E-state index is 11.9. The van der Waals surface area contributed by atoms with E-state index < -0.39 is 0 Å². The van der Waals surface area contributed by atoms with Crippen LogP contribution in [0.5, 0.6) is 0 Å². The van der Waals surface area contributed by atoms with Gasteiger partial charge < -0.3 is 15.4 Å². The summed E-state index contributed by atoms with van der Waals surface area (Å²) in [5.41, 5.74) is -0.208. The molecule has 0 aromatic rings. The number of carbonyl (C=O) groups is 1. The molecule has 1 heterocycles. The number of amides is 2. The highest BCUT2D eigenvalue weighted by atomic mass is 32.2. The normalized spacial score (nSPS) is 25.1. The van der Waals surface area contributed by atoms with E-state index in [9.17, 15) is 4.79 Å². The molecule has 1 aliphatic rings. The lowest BCUT2D eigenvalue weighted by Gasteiger charge is -2.28. The highest BCUT2D eigenvalue weighted by molar-refractivity contribution is 8.00. The fourth-order valence-corrected chi connectivity index (χ4v) is 3.63. The zero-order valence-electron chi connectivity index (χ0n) is 12.8. The SMILES string of the molecule is COC(C)(C)CC(C)NC(=O)NCC1(C)CCCS1. The number of nitrogens with one attached hydrogen (secondary N) is 2. The second kappa shape index (κ2) is 6.84. The first-order chi connectivity index (χ1) is 8.76. The van der Waals surface area contributed by atoms with Crippen molar-refractivity contribution in [2.75, 3.05) is 19.4 Å². The van der Waals surface area contributed by atoms with E-state index in [0.717, 1.165) is 13.0 Å². The van der Waals surface area contributed by atoms with Crippen molar-refractivity contribution in [3.05, 3.63) is 0 Å². The molecule has 4 nitrogen and oxygen atoms in total. The van der Waals surface area contributed by atoms with Crippen LogP contribution in [0.3, 0.4) is 0 Å². The smallest absolute Gasteiger partial charge is 0.315 e. The standard InChI is InChI=1S/C14H28N2O2S/c1-11(9-13(2,3)18-5)16-12(17)15-10-14(4)7-6-8-19-14/h11H,6-10H2,1-5H3,(H2,15,16,17). The molecule has 1 rings (SSSR count). The first kappa shape index (κ1) is 16.6. The molecule has 0 aliphatic carbocycles. The Morgan fingerprint density at radius 1 is 1.53 bits per heavy atom. The van der Waals surface area contributed by atoms with Gasteiger partial charge in [-0.25, -0.2) is 4.79 Å². The summed E-state index contributed by atoms with van der Waals surface area (Å²) in [6.45, 7) is 9.03. The summed E-state index contributed by atoms with van der Waals surface area (Å²) in [6, 6.07) is 0.0205. The lowest BCUT2D eigenvalue weighted by Crippen LogP contribution is -2.47. The predicted molar refractivity (Wildman–Crippen MR) is 81.8 cm³/mol. The molecule has 5 heteroatoms. The molecule has 1 aliphatic heterocycles. The molecule has 0 bridgehead atoms. The third-order valence-corrected chi connectivity index (χ3v) is 5.19. The van der Waals surface area contributed by atoms with Crippen LogP contribution in [-0.2, 0) is 4.74 Å². The van der Waals surface area contributed by atoms with Crippen LogP contribution < -0.4 is 10.6 Å². The Labute approximate surface area is 121 Å². The van der Waals surface area contributed by atoms with Crippen LogP contribution in [0, 0.1) is 0 Å². The van der Waals surface area contributed by atoms with E-state index in [1.54, 1.807) is 7.11 Å². The summed E-state index contributed by atoms with van der Waals surface area (Å²) in [5.74, 6) is 1.21. The predicted octanol–water partition coefficient (Wildman–Crippen LogP) is 2.77. The van der Waals surface area contributed by atoms with Gasteiger partial charge in [0.25, 0.3) is 0 Å². The number of carbonyl (C=O) groups excluding carboxylic acids is 1. The van der Waals surface area contributed by atoms with Crippen molar-refractivity contribution < 1.29 is 9.53 Å². The van der Waals surface area contributed by atoms with Crippen molar-refractivity contribution in [3.8, 4) is 0 Å². The van der Waals surface area contributed by atoms with Crippen molar-refractivity contribution in [2.45, 2.75) is 63.3 Å². The van der Waals surface area contributed by atoms with Gasteiger partial charge in [-0.05, 0) is 52.7 Å². The second-order valence-electron chi connectivity index (χ2n) is 6.30. The Morgan fingerprint density at radius 3 is 2.74 bits per heavy atom. The summed E-state index contributed by atoms with van der Waals surface area (Å²) in [4.78, 5) is 11.9. The quantitative estimate of drug-likeness (QED) is 0.790. The van der Waals surface area contributed by atoms with Gasteiger partial charge in [0.05, 0.1) is 5.60 Å². The Kier molecular flexibility index (Phi) is 5.99. The molecule has 0 aromatic heterocycles. The van der Waals surface area contributed by atoms with Crippen LogP contribution in [0.1, 0.15) is 47.0 Å². The third-order valence-electron chi connectivity index (χ3n) is 3.65. The zero-order valence-corrected chi connectivity index (χ0v) is 13.7. The molecular weight excluding hydrogens is 260 g/mol. The fourth-order valence-electron chi connectivity index (χ4n) is 2.39. The number of urea groups is 1. The summed E-state index contributed by atoms with van der Waals surface area (Å²) in [7, 11) is 1.70. The molecule has 112 valence electrons. The first-order valence-corrected chi connectivity index (χ1v) is 7.98. The second-order valence-corrected chi connectivity index (χ2v) is 7.98. The molecule has 0 saturated carbocycles. The van der Waals surface area contributed by atoms with Crippen LogP contribution in [0.15, 0.2) is 0 Å². The van der Waals surface area contributed by atoms with Crippen molar-refractivity contribution >= 4 is 17.8 Å². The van der Waals surface area contributed by atoms with Crippen LogP contribution in [0.4, 0.5) is 4.79 Å². The van der Waals surface area contributed by atoms with Crippen LogP contribution in [0.25, 0.3) is 0 Å². The molecule has 1 fully saturated rings. The number of hydrogen-bond acceptors (Lipinski definition) is 3. The minimum absolute atomic E-state index is 0.0758. The molecule has 2 N–H and O–H groups in total. The number of ether oxygens (including phenoxy) is 1. The van der Waals surface area contributed by atoms with E-state index in [4.69, 9.17) is 4.74 Å². The van der Waals surface area contributed by atoms with E-state index in [2.05, 4.69) is 17.6 Å². The monoisotopic (exact) mass is 288 g/mol. The highest BCUT2D eigenvalue weighted by Crippen LogP contribution is 2.36. The van der Waals surface area contributed by atoms with Crippen LogP contribution >= 0.6 is 11.8 Å². The lowest BCUT2D eigenvalue weighted by atomic mass is 10.00. The van der Waals surface area contributed by atoms with Crippen LogP contribution in [-0.4, -0.2) is 41.8 Å². The number of hydrogen-bond donors (Lipinski definition) is 2. The Bertz CT molecular complexity index is 302. The fraction of sp³-hybridized carbons (Fsp3) is 0.929. The van der Waals surface area contributed by atoms with E-state index in [1.165, 1.54) is 18.6 Å². The van der Waals surface area contributed by atoms with Crippen molar-refractivity contribution in [1.82, 2.24) is 10.6 Å². The van der Waals surface area contributed by atoms with Crippen molar-refractivity contribution in [2.24, 2.45) is 0 Å². The summed E-state index contributed by atoms with van der Waals surface area (Å²) >= 11 is 1.96. The minimum Gasteiger partial charge on any atom is -0.379 e. The topological polar surface area (TPSA) is 50.4 Å². The van der Waals surface area contributed by atoms with Gasteiger partial charge in [0, 0.05) is 24.4 Å². The van der Waals surface area contributed by atoms with Crippen molar-refractivity contribution in [1.29, 1.82) is 0 Å². The van der Waals surface area contributed by atoms with Crippen LogP contribution in [0.2, 0.25) is 0 Å². The maximum atomic E-state index is 11.9. The number of methoxy groups -OCH3 is 1. The van der Waals surface area contributed by atoms with Gasteiger partial charge >= 0.3 is 6.03 Å². The van der Waals surface area contributed by atoms with E-state index in [0.29, 0.717) is 0 Å². The highest BCUT2D eigenvalue weighted by Gasteiger charge is 2.30. The van der Waals surface area contributed by atoms with Crippen molar-refractivity contribution in [3.63, 3.8) is 0 Å². The largest absolute Gasteiger partial charge is 0.379 e. The Balaban J connectivity index is 2.27. The van der Waals surface area contributed by atoms with E-state index in [-0.39, 0.29) is 22.4 Å². The molecule has 0 spiro atoms. The molecule has 2 unspecified atom stereocenters. The molecule has 1 saturated heterocycles. The Morgan fingerprint density at radius 2 is 2.21 bits per heavy atom. The lowest BCUT2D eigenvalue weighted by molar-refractivity contribution is 0.00950. The molecule has 2 atom stereocenters. The maximum Gasteiger partial charge on any atom is 0.315 e. The van der Waals surface area contributed by atoms with Gasteiger partial charge in [0.15, 0.2) is 0 Å². The van der Waals surface area contributed by atoms with Gasteiger partial charge in [-0.15, -0.1) is 0 Å². The minimum atomic E-state index is -0.208. The van der Waals surface area contributed by atoms with Gasteiger partial charge in [-0.3, -0.25) is 0 Å². The summed E-state index contributed by atoms with van der Waals surface area (Å²) in [5, 5.41) is 5.96. The molecular formula is C14H28N2O2S. The summed E-state index contributed by atoms with van der Waals surface area (Å²) < 4.78 is 5.59. The van der Waals surface area contributed by atoms with Gasteiger partial charge in [-0.2, -0.15) is 11.8 Å². The van der Waals surface area contributed by atoms with E-state index in [1.807, 2.05) is 32.5 Å². The first-order valence-electron chi connectivity index (χ1n) is 7.00. The molecule has 0 aromatic carbocycles. The average molecular weight is 288 g/mol. The number of rotatable bonds is 6. The average Bonchev–Trinajstić information content (AvgIpc) is 2.73. The van der Waals surface area contributed by atoms with Gasteiger partial charge in [-0.1, -0.05) is 0 Å². The molecule has 19 heavy (non-hydrogen) atoms. The van der Waals surface area contributed by atoms with E-state index >= 15 is 0 Å².